The van der Waals surface area contributed by atoms with Gasteiger partial charge >= 0.3 is 0 Å². The van der Waals surface area contributed by atoms with Crippen molar-refractivity contribution in [1.29, 1.82) is 0 Å². The minimum Gasteiger partial charge on any atom is -0.409 e. The Balaban J connectivity index is 2.41. The molecule has 1 heterocycles. The van der Waals surface area contributed by atoms with Crippen molar-refractivity contribution in [1.82, 2.24) is 0 Å². The summed E-state index contributed by atoms with van der Waals surface area (Å²) in [5.74, 6) is 0. The van der Waals surface area contributed by atoms with E-state index in [0.717, 1.165) is 6.42 Å². The molecule has 1 aliphatic rings. The highest BCUT2D eigenvalue weighted by atomic mass is 32.1. The van der Waals surface area contributed by atoms with Gasteiger partial charge < -0.3 is 4.43 Å². The van der Waals surface area contributed by atoms with Gasteiger partial charge in [0.2, 0.25) is 8.32 Å². The first kappa shape index (κ1) is 17.2. The molecule has 21 heavy (non-hydrogen) atoms. The third-order valence-corrected chi connectivity index (χ3v) is 12.3. The first-order valence-corrected chi connectivity index (χ1v) is 11.4. The van der Waals surface area contributed by atoms with Crippen molar-refractivity contribution in [2.24, 2.45) is 5.41 Å². The van der Waals surface area contributed by atoms with Crippen LogP contribution in [0.5, 0.6) is 0 Å². The molecule has 1 aromatic rings. The molecule has 0 amide bonds. The van der Waals surface area contributed by atoms with Crippen LogP contribution in [0.4, 0.5) is 0 Å². The Bertz CT molecular complexity index is 465. The Labute approximate surface area is 136 Å². The maximum absolute atomic E-state index is 7.13. The fourth-order valence-corrected chi connectivity index (χ4v) is 11.1. The van der Waals surface area contributed by atoms with Crippen molar-refractivity contribution >= 4 is 19.7 Å². The Hall–Kier alpha value is -0.123. The number of hydrogen-bond acceptors (Lipinski definition) is 2. The zero-order valence-electron chi connectivity index (χ0n) is 15.0. The molecule has 1 aromatic heterocycles. The molecule has 0 radical (unpaired) electrons. The summed E-state index contributed by atoms with van der Waals surface area (Å²) in [6.45, 7) is 19.0. The van der Waals surface area contributed by atoms with Crippen LogP contribution in [0.1, 0.15) is 72.6 Å². The van der Waals surface area contributed by atoms with E-state index in [9.17, 15) is 0 Å². The fourth-order valence-electron chi connectivity index (χ4n) is 4.55. The second-order valence-electron chi connectivity index (χ2n) is 8.33. The summed E-state index contributed by atoms with van der Waals surface area (Å²) < 4.78 is 7.13. The van der Waals surface area contributed by atoms with Gasteiger partial charge in [-0.15, -0.1) is 0 Å². The lowest BCUT2D eigenvalue weighted by atomic mass is 9.88. The lowest BCUT2D eigenvalue weighted by Crippen LogP contribution is -2.49. The van der Waals surface area contributed by atoms with Gasteiger partial charge in [0, 0.05) is 0 Å². The highest BCUT2D eigenvalue weighted by molar-refractivity contribution is 7.08. The van der Waals surface area contributed by atoms with Gasteiger partial charge in [0.25, 0.3) is 0 Å². The molecule has 1 atom stereocenters. The lowest BCUT2D eigenvalue weighted by Gasteiger charge is -2.46. The van der Waals surface area contributed by atoms with E-state index in [1.54, 1.807) is 0 Å². The molecule has 3 heteroatoms. The molecule has 0 spiro atoms. The largest absolute Gasteiger partial charge is 0.409 e. The molecule has 0 aliphatic heterocycles. The normalized spacial score (nSPS) is 21.6. The van der Waals surface area contributed by atoms with Crippen LogP contribution in [0.2, 0.25) is 16.6 Å². The van der Waals surface area contributed by atoms with E-state index in [1.165, 1.54) is 11.1 Å². The predicted molar refractivity (Wildman–Crippen MR) is 96.7 cm³/mol. The monoisotopic (exact) mass is 324 g/mol. The number of rotatable bonds is 5. The minimum atomic E-state index is -1.82. The Kier molecular flexibility index (Phi) is 4.78. The molecule has 1 aliphatic carbocycles. The highest BCUT2D eigenvalue weighted by Gasteiger charge is 2.51. The number of fused-ring (bicyclic) bond motifs is 1. The van der Waals surface area contributed by atoms with Crippen molar-refractivity contribution in [3.05, 3.63) is 21.9 Å². The lowest BCUT2D eigenvalue weighted by molar-refractivity contribution is 0.0721. The topological polar surface area (TPSA) is 9.23 Å². The Morgan fingerprint density at radius 1 is 1.05 bits per heavy atom. The van der Waals surface area contributed by atoms with E-state index in [2.05, 4.69) is 66.2 Å². The van der Waals surface area contributed by atoms with Crippen LogP contribution in [-0.4, -0.2) is 8.32 Å². The second-order valence-corrected chi connectivity index (χ2v) is 14.5. The maximum Gasteiger partial charge on any atom is 0.201 e. The first-order chi connectivity index (χ1) is 9.63. The molecule has 0 N–H and O–H groups in total. The zero-order chi connectivity index (χ0) is 16.0. The quantitative estimate of drug-likeness (QED) is 0.557. The summed E-state index contributed by atoms with van der Waals surface area (Å²) in [4.78, 5) is 0. The summed E-state index contributed by atoms with van der Waals surface area (Å²) in [5.41, 5.74) is 5.18. The fraction of sp³-hybridized carbons (Fsp3) is 0.778. The van der Waals surface area contributed by atoms with Gasteiger partial charge in [-0.3, -0.25) is 0 Å². The highest BCUT2D eigenvalue weighted by Crippen LogP contribution is 2.54. The number of thiophene rings is 1. The van der Waals surface area contributed by atoms with Crippen molar-refractivity contribution in [3.8, 4) is 0 Å². The third kappa shape index (κ3) is 2.77. The molecule has 0 aromatic carbocycles. The van der Waals surface area contributed by atoms with Crippen LogP contribution >= 0.6 is 11.3 Å². The molecular formula is C18H32OSSi. The Morgan fingerprint density at radius 2 is 1.57 bits per heavy atom. The maximum atomic E-state index is 7.13. The van der Waals surface area contributed by atoms with Crippen LogP contribution in [0, 0.1) is 5.41 Å². The molecule has 0 saturated heterocycles. The van der Waals surface area contributed by atoms with Crippen molar-refractivity contribution in [2.45, 2.75) is 84.5 Å². The molecule has 2 rings (SSSR count). The van der Waals surface area contributed by atoms with Gasteiger partial charge in [-0.1, -0.05) is 55.4 Å². The molecule has 1 unspecified atom stereocenters. The van der Waals surface area contributed by atoms with Crippen LogP contribution in [0.3, 0.4) is 0 Å². The minimum absolute atomic E-state index is 0.232. The molecule has 0 saturated carbocycles. The third-order valence-electron chi connectivity index (χ3n) is 5.44. The van der Waals surface area contributed by atoms with Gasteiger partial charge in [0.1, 0.15) is 0 Å². The summed E-state index contributed by atoms with van der Waals surface area (Å²) >= 11 is 1.83. The summed E-state index contributed by atoms with van der Waals surface area (Å²) in [6, 6.07) is 0. The van der Waals surface area contributed by atoms with Gasteiger partial charge in [-0.2, -0.15) is 11.3 Å². The zero-order valence-corrected chi connectivity index (χ0v) is 16.8. The van der Waals surface area contributed by atoms with Crippen molar-refractivity contribution in [2.75, 3.05) is 0 Å². The van der Waals surface area contributed by atoms with Crippen LogP contribution in [-0.2, 0) is 10.8 Å². The van der Waals surface area contributed by atoms with Gasteiger partial charge in [-0.05, 0) is 50.3 Å². The number of hydrogen-bond donors (Lipinski definition) is 0. The molecule has 1 nitrogen and oxygen atoms in total. The van der Waals surface area contributed by atoms with Gasteiger partial charge in [0.15, 0.2) is 0 Å². The molecule has 0 bridgehead atoms. The Morgan fingerprint density at radius 3 is 2.05 bits per heavy atom. The standard InChI is InChI=1S/C18H32OSSi/c1-12(2)21(13(3)4,14(5)6)19-17-16-11-20-10-15(16)9-18(17,7)8/h10-14,17H,9H2,1-8H3. The van der Waals surface area contributed by atoms with Crippen LogP contribution < -0.4 is 0 Å². The summed E-state index contributed by atoms with van der Waals surface area (Å²) in [6.07, 6.45) is 1.45. The summed E-state index contributed by atoms with van der Waals surface area (Å²) in [7, 11) is -1.82. The van der Waals surface area contributed by atoms with E-state index < -0.39 is 8.32 Å². The van der Waals surface area contributed by atoms with Gasteiger partial charge in [-0.25, -0.2) is 0 Å². The van der Waals surface area contributed by atoms with E-state index in [0.29, 0.717) is 16.6 Å². The first-order valence-electron chi connectivity index (χ1n) is 8.35. The predicted octanol–water partition coefficient (Wildman–Crippen LogP) is 6.56. The van der Waals surface area contributed by atoms with E-state index in [1.807, 2.05) is 11.3 Å². The van der Waals surface area contributed by atoms with Crippen LogP contribution in [0.25, 0.3) is 0 Å². The van der Waals surface area contributed by atoms with E-state index in [4.69, 9.17) is 4.43 Å². The smallest absolute Gasteiger partial charge is 0.201 e. The van der Waals surface area contributed by atoms with E-state index in [-0.39, 0.29) is 11.5 Å². The van der Waals surface area contributed by atoms with Gasteiger partial charge in [0.05, 0.1) is 6.10 Å². The van der Waals surface area contributed by atoms with Crippen LogP contribution in [0.15, 0.2) is 10.8 Å². The average molecular weight is 325 g/mol. The van der Waals surface area contributed by atoms with Crippen molar-refractivity contribution in [3.63, 3.8) is 0 Å². The SMILES string of the molecule is CC(C)[Si](OC1c2cscc2CC1(C)C)(C(C)C)C(C)C. The summed E-state index contributed by atoms with van der Waals surface area (Å²) in [5, 5.41) is 4.65. The average Bonchev–Trinajstić information content (AvgIpc) is 2.83. The molecule has 0 fully saturated rings. The second kappa shape index (κ2) is 5.82. The van der Waals surface area contributed by atoms with E-state index >= 15 is 0 Å². The molecule has 120 valence electrons. The molecular weight excluding hydrogens is 292 g/mol. The van der Waals surface area contributed by atoms with Crippen molar-refractivity contribution < 1.29 is 4.43 Å².